The molecule has 0 unspecified atom stereocenters. The summed E-state index contributed by atoms with van der Waals surface area (Å²) in [6.07, 6.45) is -9.53. The molecule has 0 radical (unpaired) electrons. The second-order valence-electron chi connectivity index (χ2n) is 5.06. The summed E-state index contributed by atoms with van der Waals surface area (Å²) in [4.78, 5) is 10.1. The van der Waals surface area contributed by atoms with Crippen LogP contribution in [0.15, 0.2) is 0 Å². The smallest absolute Gasteiger partial charge is 0.303 e. The average Bonchev–Trinajstić information content (AvgIpc) is 2.05. The fourth-order valence-electron chi connectivity index (χ4n) is 1.71. The molecule has 126 valence electrons. The lowest BCUT2D eigenvalue weighted by Gasteiger charge is -2.27. The fourth-order valence-corrected chi connectivity index (χ4v) is 1.71. The van der Waals surface area contributed by atoms with E-state index in [9.17, 15) is 39.9 Å². The molecule has 0 amide bonds. The summed E-state index contributed by atoms with van der Waals surface area (Å²) in [5, 5.41) is 8.17. The molecule has 0 aromatic carbocycles. The minimum atomic E-state index is -4.60. The van der Waals surface area contributed by atoms with E-state index < -0.39 is 61.8 Å². The quantitative estimate of drug-likeness (QED) is 0.628. The molecule has 0 rings (SSSR count). The second kappa shape index (κ2) is 6.35. The van der Waals surface area contributed by atoms with Crippen molar-refractivity contribution in [1.29, 1.82) is 0 Å². The Labute approximate surface area is 115 Å². The maximum absolute atomic E-state index is 13.2. The van der Waals surface area contributed by atoms with Gasteiger partial charge in [-0.25, -0.2) is 35.1 Å². The lowest BCUT2D eigenvalue weighted by Crippen LogP contribution is -2.37. The Balaban J connectivity index is 4.71. The van der Waals surface area contributed by atoms with Gasteiger partial charge in [0.05, 0.1) is 25.7 Å². The molecule has 2 nitrogen and oxygen atoms in total. The van der Waals surface area contributed by atoms with Gasteiger partial charge in [-0.05, 0) is 6.92 Å². The molecule has 0 saturated carbocycles. The molecule has 0 bridgehead atoms. The van der Waals surface area contributed by atoms with Gasteiger partial charge in [-0.2, -0.15) is 0 Å². The van der Waals surface area contributed by atoms with E-state index >= 15 is 0 Å². The summed E-state index contributed by atoms with van der Waals surface area (Å²) < 4.78 is 103. The molecule has 0 aromatic heterocycles. The number of rotatable bonds is 9. The van der Waals surface area contributed by atoms with Gasteiger partial charge in [-0.3, -0.25) is 4.79 Å². The zero-order valence-corrected chi connectivity index (χ0v) is 10.9. The van der Waals surface area contributed by atoms with Crippen molar-refractivity contribution in [2.75, 3.05) is 0 Å². The van der Waals surface area contributed by atoms with Crippen molar-refractivity contribution < 1.29 is 45.0 Å². The predicted molar refractivity (Wildman–Crippen MR) is 56.2 cm³/mol. The summed E-state index contributed by atoms with van der Waals surface area (Å²) in [7, 11) is 0. The summed E-state index contributed by atoms with van der Waals surface area (Å²) in [5.74, 6) is -18.9. The summed E-state index contributed by atoms with van der Waals surface area (Å²) in [6.45, 7) is 0.0977. The van der Waals surface area contributed by atoms with Crippen LogP contribution in [-0.2, 0) is 4.79 Å². The van der Waals surface area contributed by atoms with Crippen molar-refractivity contribution in [2.45, 2.75) is 62.7 Å². The largest absolute Gasteiger partial charge is 0.481 e. The number of carbonyl (C=O) groups is 1. The lowest BCUT2D eigenvalue weighted by molar-refractivity contribution is -0.179. The molecule has 0 aliphatic rings. The third-order valence-corrected chi connectivity index (χ3v) is 2.31. The zero-order chi connectivity index (χ0) is 17.1. The number of aliphatic carboxylic acids is 1. The van der Waals surface area contributed by atoms with Crippen LogP contribution in [0.25, 0.3) is 0 Å². The Bertz CT molecular complexity index is 362. The molecular weight excluding hydrogens is 316 g/mol. The van der Waals surface area contributed by atoms with Crippen LogP contribution in [0.2, 0.25) is 0 Å². The minimum absolute atomic E-state index is 0.0977. The van der Waals surface area contributed by atoms with Gasteiger partial charge < -0.3 is 5.11 Å². The highest BCUT2D eigenvalue weighted by Crippen LogP contribution is 2.43. The number of hydrogen-bond acceptors (Lipinski definition) is 1. The van der Waals surface area contributed by atoms with E-state index in [-0.39, 0.29) is 6.92 Å². The third kappa shape index (κ3) is 10.3. The summed E-state index contributed by atoms with van der Waals surface area (Å²) in [6, 6.07) is 0. The third-order valence-electron chi connectivity index (χ3n) is 2.31. The number of alkyl halides is 8. The van der Waals surface area contributed by atoms with Gasteiger partial charge >= 0.3 is 5.97 Å². The minimum Gasteiger partial charge on any atom is -0.481 e. The van der Waals surface area contributed by atoms with E-state index in [1.54, 1.807) is 0 Å². The van der Waals surface area contributed by atoms with Crippen LogP contribution in [0.1, 0.15) is 39.0 Å². The van der Waals surface area contributed by atoms with Crippen molar-refractivity contribution in [3.05, 3.63) is 0 Å². The van der Waals surface area contributed by atoms with Crippen LogP contribution in [0, 0.1) is 0 Å². The molecular formula is C11H14F8O2. The second-order valence-corrected chi connectivity index (χ2v) is 5.06. The molecule has 0 spiro atoms. The summed E-state index contributed by atoms with van der Waals surface area (Å²) >= 11 is 0. The van der Waals surface area contributed by atoms with Gasteiger partial charge in [-0.15, -0.1) is 0 Å². The first-order valence-electron chi connectivity index (χ1n) is 5.77. The molecule has 0 aliphatic heterocycles. The number of hydrogen-bond donors (Lipinski definition) is 1. The first-order chi connectivity index (χ1) is 9.04. The molecule has 0 saturated heterocycles. The van der Waals surface area contributed by atoms with Crippen molar-refractivity contribution >= 4 is 5.97 Å². The van der Waals surface area contributed by atoms with Crippen LogP contribution >= 0.6 is 0 Å². The normalized spacial score (nSPS) is 14.3. The maximum atomic E-state index is 13.2. The van der Waals surface area contributed by atoms with E-state index in [2.05, 4.69) is 0 Å². The molecule has 0 atom stereocenters. The van der Waals surface area contributed by atoms with Crippen LogP contribution in [0.4, 0.5) is 35.1 Å². The van der Waals surface area contributed by atoms with Crippen LogP contribution < -0.4 is 0 Å². The molecule has 0 aliphatic carbocycles. The van der Waals surface area contributed by atoms with Crippen molar-refractivity contribution in [1.82, 2.24) is 0 Å². The van der Waals surface area contributed by atoms with Gasteiger partial charge in [-0.1, -0.05) is 0 Å². The van der Waals surface area contributed by atoms with E-state index in [0.29, 0.717) is 0 Å². The van der Waals surface area contributed by atoms with Crippen molar-refractivity contribution in [2.24, 2.45) is 0 Å². The highest BCUT2D eigenvalue weighted by molar-refractivity contribution is 5.66. The van der Waals surface area contributed by atoms with E-state index in [1.165, 1.54) is 0 Å². The van der Waals surface area contributed by atoms with E-state index in [0.717, 1.165) is 0 Å². The SMILES string of the molecule is CC(F)(F)CC(F)(F)CC(F)(F)CC(F)(F)CCC(=O)O. The van der Waals surface area contributed by atoms with Gasteiger partial charge in [0, 0.05) is 6.42 Å². The van der Waals surface area contributed by atoms with Crippen molar-refractivity contribution in [3.8, 4) is 0 Å². The highest BCUT2D eigenvalue weighted by atomic mass is 19.3. The Kier molecular flexibility index (Phi) is 6.02. The van der Waals surface area contributed by atoms with Gasteiger partial charge in [0.1, 0.15) is 0 Å². The average molecular weight is 330 g/mol. The maximum Gasteiger partial charge on any atom is 0.303 e. The summed E-state index contributed by atoms with van der Waals surface area (Å²) in [5.41, 5.74) is 0. The Hall–Kier alpha value is -1.09. The molecule has 0 aromatic rings. The Morgan fingerprint density at radius 3 is 1.57 bits per heavy atom. The van der Waals surface area contributed by atoms with Gasteiger partial charge in [0.25, 0.3) is 23.7 Å². The number of carboxylic acid groups (broad SMARTS) is 1. The highest BCUT2D eigenvalue weighted by Gasteiger charge is 2.51. The monoisotopic (exact) mass is 330 g/mol. The predicted octanol–water partition coefficient (Wildman–Crippen LogP) is 4.58. The molecule has 0 heterocycles. The molecule has 0 fully saturated rings. The number of halogens is 8. The fraction of sp³-hybridized carbons (Fsp3) is 0.909. The van der Waals surface area contributed by atoms with Gasteiger partial charge in [0.15, 0.2) is 0 Å². The van der Waals surface area contributed by atoms with Crippen LogP contribution in [-0.4, -0.2) is 34.8 Å². The van der Waals surface area contributed by atoms with E-state index in [4.69, 9.17) is 5.11 Å². The molecule has 21 heavy (non-hydrogen) atoms. The molecule has 1 N–H and O–H groups in total. The Morgan fingerprint density at radius 2 is 1.19 bits per heavy atom. The number of carboxylic acids is 1. The zero-order valence-electron chi connectivity index (χ0n) is 10.9. The van der Waals surface area contributed by atoms with E-state index in [1.807, 2.05) is 0 Å². The molecule has 10 heteroatoms. The van der Waals surface area contributed by atoms with Gasteiger partial charge in [0.2, 0.25) is 0 Å². The van der Waals surface area contributed by atoms with Crippen LogP contribution in [0.5, 0.6) is 0 Å². The van der Waals surface area contributed by atoms with Crippen molar-refractivity contribution in [3.63, 3.8) is 0 Å². The first-order valence-corrected chi connectivity index (χ1v) is 5.77. The lowest BCUT2D eigenvalue weighted by atomic mass is 9.97. The Morgan fingerprint density at radius 1 is 0.810 bits per heavy atom. The van der Waals surface area contributed by atoms with Crippen LogP contribution in [0.3, 0.4) is 0 Å². The first kappa shape index (κ1) is 19.9. The standard InChI is InChI=1S/C11H14F8O2/c1-8(12,13)4-10(16,17)6-11(18,19)5-9(14,15)3-2-7(20)21/h2-6H2,1H3,(H,20,21). The topological polar surface area (TPSA) is 37.3 Å².